The predicted octanol–water partition coefficient (Wildman–Crippen LogP) is -0.919. The smallest absolute Gasteiger partial charge is 0.250 e. The Kier molecular flexibility index (Phi) is 6.20. The van der Waals surface area contributed by atoms with Crippen LogP contribution in [0.4, 0.5) is 0 Å². The standard InChI is InChI=1S/C10H20N2O4/c1-4-9(11-10(16)8(2)3)12(5-13,6-14)7-15/h9,13-15H,2,4-7H2,1,3H3/p+1. The number of hydrogen-bond acceptors (Lipinski definition) is 4. The second kappa shape index (κ2) is 6.59. The van der Waals surface area contributed by atoms with Crippen molar-refractivity contribution in [3.05, 3.63) is 12.2 Å². The summed E-state index contributed by atoms with van der Waals surface area (Å²) in [6, 6.07) is 0. The number of nitrogens with one attached hydrogen (secondary N) is 1. The van der Waals surface area contributed by atoms with Crippen LogP contribution in [-0.2, 0) is 4.79 Å². The number of quaternary nitrogens is 1. The van der Waals surface area contributed by atoms with Gasteiger partial charge in [-0.25, -0.2) is 4.48 Å². The number of carbonyl (C=O) groups excluding carboxylic acids is 1. The van der Waals surface area contributed by atoms with Crippen LogP contribution in [0.1, 0.15) is 20.3 Å². The molecule has 6 heteroatoms. The van der Waals surface area contributed by atoms with E-state index in [0.29, 0.717) is 12.0 Å². The first-order chi connectivity index (χ1) is 7.47. The number of aliphatic hydroxyl groups excluding tert-OH is 3. The molecule has 16 heavy (non-hydrogen) atoms. The molecule has 0 bridgehead atoms. The first-order valence-corrected chi connectivity index (χ1v) is 5.12. The van der Waals surface area contributed by atoms with Crippen LogP contribution in [0.5, 0.6) is 0 Å². The molecule has 0 aromatic carbocycles. The third-order valence-corrected chi connectivity index (χ3v) is 2.58. The first-order valence-electron chi connectivity index (χ1n) is 5.12. The van der Waals surface area contributed by atoms with Gasteiger partial charge in [0.25, 0.3) is 5.91 Å². The molecule has 0 aliphatic carbocycles. The Balaban J connectivity index is 4.81. The van der Waals surface area contributed by atoms with Gasteiger partial charge in [-0.3, -0.25) is 4.79 Å². The summed E-state index contributed by atoms with van der Waals surface area (Å²) < 4.78 is -0.393. The van der Waals surface area contributed by atoms with Crippen molar-refractivity contribution >= 4 is 5.91 Å². The fourth-order valence-corrected chi connectivity index (χ4v) is 1.33. The van der Waals surface area contributed by atoms with Crippen LogP contribution in [-0.4, -0.2) is 52.1 Å². The summed E-state index contributed by atoms with van der Waals surface area (Å²) in [4.78, 5) is 11.4. The van der Waals surface area contributed by atoms with Gasteiger partial charge in [-0.1, -0.05) is 13.5 Å². The van der Waals surface area contributed by atoms with Crippen molar-refractivity contribution in [2.24, 2.45) is 0 Å². The number of rotatable bonds is 7. The Bertz CT molecular complexity index is 243. The summed E-state index contributed by atoms with van der Waals surface area (Å²) in [7, 11) is 0. The molecule has 0 aromatic rings. The molecule has 0 aliphatic heterocycles. The molecule has 0 aliphatic rings. The average Bonchev–Trinajstić information content (AvgIpc) is 2.29. The number of aliphatic hydroxyl groups is 3. The SMILES string of the molecule is C=C(C)C(=O)NC(CC)[N+](CO)(CO)CO. The van der Waals surface area contributed by atoms with Crippen molar-refractivity contribution in [1.82, 2.24) is 5.32 Å². The van der Waals surface area contributed by atoms with Gasteiger partial charge in [-0.15, -0.1) is 0 Å². The van der Waals surface area contributed by atoms with E-state index < -0.39 is 30.8 Å². The molecule has 0 saturated carbocycles. The van der Waals surface area contributed by atoms with Gasteiger partial charge in [0.1, 0.15) is 0 Å². The lowest BCUT2D eigenvalue weighted by atomic mass is 10.2. The molecule has 1 amide bonds. The van der Waals surface area contributed by atoms with E-state index in [0.717, 1.165) is 0 Å². The van der Waals surface area contributed by atoms with Crippen LogP contribution in [0.15, 0.2) is 12.2 Å². The van der Waals surface area contributed by atoms with Crippen molar-refractivity contribution < 1.29 is 24.6 Å². The van der Waals surface area contributed by atoms with Crippen molar-refractivity contribution in [2.75, 3.05) is 20.2 Å². The molecule has 1 unspecified atom stereocenters. The second-order valence-corrected chi connectivity index (χ2v) is 3.82. The predicted molar refractivity (Wildman–Crippen MR) is 58.6 cm³/mol. The monoisotopic (exact) mass is 233 g/mol. The van der Waals surface area contributed by atoms with Crippen LogP contribution < -0.4 is 5.32 Å². The number of amides is 1. The maximum Gasteiger partial charge on any atom is 0.250 e. The zero-order chi connectivity index (χ0) is 12.8. The molecular weight excluding hydrogens is 212 g/mol. The molecule has 1 atom stereocenters. The lowest BCUT2D eigenvalue weighted by Crippen LogP contribution is -2.63. The Morgan fingerprint density at radius 2 is 1.75 bits per heavy atom. The number of carbonyl (C=O) groups is 1. The zero-order valence-corrected chi connectivity index (χ0v) is 9.81. The van der Waals surface area contributed by atoms with Crippen molar-refractivity contribution in [2.45, 2.75) is 26.4 Å². The van der Waals surface area contributed by atoms with E-state index in [2.05, 4.69) is 11.9 Å². The van der Waals surface area contributed by atoms with Crippen LogP contribution in [0.25, 0.3) is 0 Å². The fourth-order valence-electron chi connectivity index (χ4n) is 1.33. The Morgan fingerprint density at radius 3 is 2.00 bits per heavy atom. The van der Waals surface area contributed by atoms with Gasteiger partial charge in [-0.05, 0) is 6.92 Å². The molecule has 0 rings (SSSR count). The van der Waals surface area contributed by atoms with Gasteiger partial charge in [-0.2, -0.15) is 0 Å². The Morgan fingerprint density at radius 1 is 1.31 bits per heavy atom. The highest BCUT2D eigenvalue weighted by atomic mass is 16.4. The molecule has 6 nitrogen and oxygen atoms in total. The van der Waals surface area contributed by atoms with E-state index >= 15 is 0 Å². The number of nitrogens with zero attached hydrogens (tertiary/aromatic N) is 1. The van der Waals surface area contributed by atoms with Gasteiger partial charge in [0, 0.05) is 12.0 Å². The van der Waals surface area contributed by atoms with Gasteiger partial charge in [0.15, 0.2) is 26.4 Å². The third-order valence-electron chi connectivity index (χ3n) is 2.58. The highest BCUT2D eigenvalue weighted by Crippen LogP contribution is 2.12. The lowest BCUT2D eigenvalue weighted by Gasteiger charge is -2.39. The highest BCUT2D eigenvalue weighted by molar-refractivity contribution is 5.92. The van der Waals surface area contributed by atoms with E-state index in [1.165, 1.54) is 0 Å². The van der Waals surface area contributed by atoms with E-state index in [9.17, 15) is 20.1 Å². The topological polar surface area (TPSA) is 89.8 Å². The van der Waals surface area contributed by atoms with E-state index in [1.807, 2.05) is 0 Å². The normalized spacial score (nSPS) is 13.3. The summed E-state index contributed by atoms with van der Waals surface area (Å²) in [5.74, 6) is -0.357. The van der Waals surface area contributed by atoms with E-state index in [-0.39, 0.29) is 5.91 Å². The zero-order valence-electron chi connectivity index (χ0n) is 9.81. The molecule has 0 radical (unpaired) electrons. The molecule has 0 saturated heterocycles. The molecule has 0 aromatic heterocycles. The fraction of sp³-hybridized carbons (Fsp3) is 0.700. The Hall–Kier alpha value is -0.950. The maximum absolute atomic E-state index is 11.4. The van der Waals surface area contributed by atoms with E-state index in [1.54, 1.807) is 13.8 Å². The van der Waals surface area contributed by atoms with Crippen LogP contribution in [0.2, 0.25) is 0 Å². The summed E-state index contributed by atoms with van der Waals surface area (Å²) in [6.07, 6.45) is -0.0788. The molecule has 0 fully saturated rings. The van der Waals surface area contributed by atoms with Crippen molar-refractivity contribution in [1.29, 1.82) is 0 Å². The van der Waals surface area contributed by atoms with Crippen LogP contribution >= 0.6 is 0 Å². The lowest BCUT2D eigenvalue weighted by molar-refractivity contribution is -0.999. The largest absolute Gasteiger partial charge is 0.347 e. The van der Waals surface area contributed by atoms with Gasteiger partial charge in [0.2, 0.25) is 0 Å². The first kappa shape index (κ1) is 15.0. The minimum absolute atomic E-state index is 0.338. The minimum atomic E-state index is -0.552. The maximum atomic E-state index is 11.4. The molecule has 0 spiro atoms. The molecule has 0 heterocycles. The number of hydrogen-bond donors (Lipinski definition) is 4. The quantitative estimate of drug-likeness (QED) is 0.260. The molecular formula is C10H21N2O4+. The summed E-state index contributed by atoms with van der Waals surface area (Å²) >= 11 is 0. The summed E-state index contributed by atoms with van der Waals surface area (Å²) in [6.45, 7) is 5.48. The Labute approximate surface area is 95.4 Å². The van der Waals surface area contributed by atoms with Gasteiger partial charge >= 0.3 is 0 Å². The van der Waals surface area contributed by atoms with E-state index in [4.69, 9.17) is 0 Å². The van der Waals surface area contributed by atoms with Crippen LogP contribution in [0.3, 0.4) is 0 Å². The third kappa shape index (κ3) is 3.28. The average molecular weight is 233 g/mol. The van der Waals surface area contributed by atoms with Crippen molar-refractivity contribution in [3.63, 3.8) is 0 Å². The molecule has 94 valence electrons. The highest BCUT2D eigenvalue weighted by Gasteiger charge is 2.35. The van der Waals surface area contributed by atoms with Crippen molar-refractivity contribution in [3.8, 4) is 0 Å². The second-order valence-electron chi connectivity index (χ2n) is 3.82. The van der Waals surface area contributed by atoms with Crippen LogP contribution in [0, 0.1) is 0 Å². The summed E-state index contributed by atoms with van der Waals surface area (Å²) in [5.41, 5.74) is 0.338. The summed E-state index contributed by atoms with van der Waals surface area (Å²) in [5, 5.41) is 30.2. The molecule has 4 N–H and O–H groups in total. The van der Waals surface area contributed by atoms with Gasteiger partial charge < -0.3 is 20.6 Å². The van der Waals surface area contributed by atoms with Gasteiger partial charge in [0.05, 0.1) is 0 Å². The minimum Gasteiger partial charge on any atom is -0.347 e.